The number of aryl methyl sites for hydroxylation is 2. The molecule has 1 N–H and O–H groups in total. The Kier molecular flexibility index (Phi) is 8.15. The monoisotopic (exact) mass is 518 g/mol. The summed E-state index contributed by atoms with van der Waals surface area (Å²) in [6, 6.07) is 18.2. The van der Waals surface area contributed by atoms with Gasteiger partial charge in [0.1, 0.15) is 23.9 Å². The Morgan fingerprint density at radius 2 is 1.82 bits per heavy atom. The number of hydrogen-bond acceptors (Lipinski definition) is 6. The van der Waals surface area contributed by atoms with Gasteiger partial charge in [-0.05, 0) is 65.9 Å². The van der Waals surface area contributed by atoms with Gasteiger partial charge in [0.05, 0.1) is 45.6 Å². The first-order chi connectivity index (χ1) is 18.5. The van der Waals surface area contributed by atoms with Crippen molar-refractivity contribution < 1.29 is 33.6 Å². The molecule has 1 saturated heterocycles. The quantitative estimate of drug-likeness (QED) is 0.369. The zero-order valence-corrected chi connectivity index (χ0v) is 21.9. The van der Waals surface area contributed by atoms with Gasteiger partial charge in [0.2, 0.25) is 0 Å². The Bertz CT molecular complexity index is 1260. The van der Waals surface area contributed by atoms with Crippen molar-refractivity contribution in [3.8, 4) is 28.4 Å². The minimum Gasteiger partial charge on any atom is -0.493 e. The highest BCUT2D eigenvalue weighted by Crippen LogP contribution is 2.38. The van der Waals surface area contributed by atoms with Crippen LogP contribution in [0.5, 0.6) is 17.2 Å². The van der Waals surface area contributed by atoms with Crippen molar-refractivity contribution in [2.75, 3.05) is 33.0 Å². The summed E-state index contributed by atoms with van der Waals surface area (Å²) >= 11 is 0. The molecule has 1 fully saturated rings. The van der Waals surface area contributed by atoms with Crippen LogP contribution >= 0.6 is 0 Å². The van der Waals surface area contributed by atoms with Gasteiger partial charge in [-0.2, -0.15) is 0 Å². The van der Waals surface area contributed by atoms with Crippen molar-refractivity contribution in [1.29, 1.82) is 0 Å². The van der Waals surface area contributed by atoms with Crippen LogP contribution in [0.15, 0.2) is 54.6 Å². The van der Waals surface area contributed by atoms with Crippen LogP contribution in [0.4, 0.5) is 0 Å². The molecule has 0 saturated carbocycles. The van der Waals surface area contributed by atoms with Crippen LogP contribution in [0, 0.1) is 13.8 Å². The molecule has 7 heteroatoms. The standard InChI is InChI=1S/C31H34O7/c1-20-12-27(35-9-8-26-19-34-10-11-36-26)13-21(2)31(20)23-5-3-4-22(14-23)17-37-25-6-7-28-24(15-30(32)33)18-38-29(28)16-25/h3-7,12-14,16,24,26H,8-11,15,17-19H2,1-2H3,(H,32,33). The van der Waals surface area contributed by atoms with Crippen LogP contribution in [0.25, 0.3) is 11.1 Å². The lowest BCUT2D eigenvalue weighted by molar-refractivity contribution is -0.137. The molecular weight excluding hydrogens is 484 g/mol. The average Bonchev–Trinajstić information content (AvgIpc) is 3.29. The number of ether oxygens (including phenoxy) is 5. The number of fused-ring (bicyclic) bond motifs is 1. The van der Waals surface area contributed by atoms with Crippen LogP contribution < -0.4 is 14.2 Å². The molecule has 0 bridgehead atoms. The molecule has 2 atom stereocenters. The summed E-state index contributed by atoms with van der Waals surface area (Å²) in [5.41, 5.74) is 6.62. The van der Waals surface area contributed by atoms with Gasteiger partial charge in [0.15, 0.2) is 0 Å². The minimum absolute atomic E-state index is 0.0663. The number of hydrogen-bond donors (Lipinski definition) is 1. The van der Waals surface area contributed by atoms with Gasteiger partial charge in [-0.15, -0.1) is 0 Å². The van der Waals surface area contributed by atoms with Crippen molar-refractivity contribution in [2.45, 2.75) is 45.3 Å². The van der Waals surface area contributed by atoms with E-state index >= 15 is 0 Å². The normalized spacial score (nSPS) is 18.5. The lowest BCUT2D eigenvalue weighted by Gasteiger charge is -2.23. The second-order valence-electron chi connectivity index (χ2n) is 9.93. The van der Waals surface area contributed by atoms with E-state index in [0.29, 0.717) is 51.1 Å². The topological polar surface area (TPSA) is 83.5 Å². The summed E-state index contributed by atoms with van der Waals surface area (Å²) in [5.74, 6) is 1.33. The molecule has 200 valence electrons. The summed E-state index contributed by atoms with van der Waals surface area (Å²) in [4.78, 5) is 11.1. The summed E-state index contributed by atoms with van der Waals surface area (Å²) in [7, 11) is 0. The number of aliphatic carboxylic acids is 1. The maximum absolute atomic E-state index is 11.1. The Morgan fingerprint density at radius 3 is 2.58 bits per heavy atom. The maximum atomic E-state index is 11.1. The van der Waals surface area contributed by atoms with E-state index in [1.165, 1.54) is 5.56 Å². The van der Waals surface area contributed by atoms with E-state index in [0.717, 1.165) is 40.0 Å². The third-order valence-corrected chi connectivity index (χ3v) is 7.01. The lowest BCUT2D eigenvalue weighted by Crippen LogP contribution is -2.29. The van der Waals surface area contributed by atoms with E-state index in [1.54, 1.807) is 0 Å². The fraction of sp³-hybridized carbons (Fsp3) is 0.387. The number of carboxylic acids is 1. The number of rotatable bonds is 10. The molecule has 3 aromatic rings. The molecule has 3 aromatic carbocycles. The van der Waals surface area contributed by atoms with Gasteiger partial charge < -0.3 is 28.8 Å². The first-order valence-corrected chi connectivity index (χ1v) is 13.1. The number of benzene rings is 3. The molecule has 0 radical (unpaired) electrons. The minimum atomic E-state index is -0.820. The molecule has 0 amide bonds. The molecule has 2 unspecified atom stereocenters. The fourth-order valence-corrected chi connectivity index (χ4v) is 5.18. The highest BCUT2D eigenvalue weighted by atomic mass is 16.6. The van der Waals surface area contributed by atoms with Crippen LogP contribution in [0.2, 0.25) is 0 Å². The van der Waals surface area contributed by atoms with Crippen LogP contribution in [0.1, 0.15) is 41.0 Å². The second kappa shape index (κ2) is 11.9. The molecule has 2 heterocycles. The van der Waals surface area contributed by atoms with Gasteiger partial charge in [-0.25, -0.2) is 0 Å². The van der Waals surface area contributed by atoms with Crippen LogP contribution in [-0.4, -0.2) is 50.2 Å². The van der Waals surface area contributed by atoms with Gasteiger partial charge >= 0.3 is 5.97 Å². The lowest BCUT2D eigenvalue weighted by atomic mass is 9.94. The van der Waals surface area contributed by atoms with Crippen molar-refractivity contribution in [2.24, 2.45) is 0 Å². The Morgan fingerprint density at radius 1 is 0.974 bits per heavy atom. The third kappa shape index (κ3) is 6.29. The van der Waals surface area contributed by atoms with E-state index in [2.05, 4.69) is 44.2 Å². The third-order valence-electron chi connectivity index (χ3n) is 7.01. The van der Waals surface area contributed by atoms with Crippen molar-refractivity contribution in [3.63, 3.8) is 0 Å². The molecule has 0 spiro atoms. The van der Waals surface area contributed by atoms with Gasteiger partial charge in [-0.3, -0.25) is 4.79 Å². The largest absolute Gasteiger partial charge is 0.493 e. The Balaban J connectivity index is 1.22. The number of carbonyl (C=O) groups is 1. The van der Waals surface area contributed by atoms with E-state index in [9.17, 15) is 4.79 Å². The molecule has 7 nitrogen and oxygen atoms in total. The summed E-state index contributed by atoms with van der Waals surface area (Å²) in [6.07, 6.45) is 0.978. The molecular formula is C31H34O7. The fourth-order valence-electron chi connectivity index (χ4n) is 5.18. The Hall–Kier alpha value is -3.55. The summed E-state index contributed by atoms with van der Waals surface area (Å²) in [5, 5.41) is 9.10. The van der Waals surface area contributed by atoms with Crippen LogP contribution in [0.3, 0.4) is 0 Å². The predicted molar refractivity (Wildman–Crippen MR) is 143 cm³/mol. The van der Waals surface area contributed by atoms with Crippen molar-refractivity contribution in [1.82, 2.24) is 0 Å². The first-order valence-electron chi connectivity index (χ1n) is 13.1. The average molecular weight is 519 g/mol. The zero-order valence-electron chi connectivity index (χ0n) is 21.9. The summed E-state index contributed by atoms with van der Waals surface area (Å²) < 4.78 is 29.0. The number of carboxylic acid groups (broad SMARTS) is 1. The van der Waals surface area contributed by atoms with E-state index in [4.69, 9.17) is 28.8 Å². The van der Waals surface area contributed by atoms with Gasteiger partial charge in [0.25, 0.3) is 0 Å². The summed E-state index contributed by atoms with van der Waals surface area (Å²) in [6.45, 7) is 7.57. The highest BCUT2D eigenvalue weighted by molar-refractivity contribution is 5.72. The molecule has 0 aromatic heterocycles. The van der Waals surface area contributed by atoms with E-state index < -0.39 is 5.97 Å². The first kappa shape index (κ1) is 26.1. The smallest absolute Gasteiger partial charge is 0.304 e. The Labute approximate surface area is 223 Å². The SMILES string of the molecule is Cc1cc(OCCC2COCCO2)cc(C)c1-c1cccc(COc2ccc3c(c2)OCC3CC(=O)O)c1. The maximum Gasteiger partial charge on any atom is 0.304 e. The van der Waals surface area contributed by atoms with Crippen LogP contribution in [-0.2, 0) is 20.9 Å². The molecule has 5 rings (SSSR count). The highest BCUT2D eigenvalue weighted by Gasteiger charge is 2.26. The molecule has 2 aliphatic heterocycles. The molecule has 2 aliphatic rings. The van der Waals surface area contributed by atoms with Crippen molar-refractivity contribution in [3.05, 3.63) is 76.9 Å². The van der Waals surface area contributed by atoms with Gasteiger partial charge in [0, 0.05) is 24.0 Å². The molecule has 38 heavy (non-hydrogen) atoms. The zero-order chi connectivity index (χ0) is 26.5. The van der Waals surface area contributed by atoms with E-state index in [-0.39, 0.29) is 18.4 Å². The second-order valence-corrected chi connectivity index (χ2v) is 9.93. The van der Waals surface area contributed by atoms with E-state index in [1.807, 2.05) is 24.3 Å². The predicted octanol–water partition coefficient (Wildman–Crippen LogP) is 5.68. The van der Waals surface area contributed by atoms with Gasteiger partial charge in [-0.1, -0.05) is 24.3 Å². The molecule has 0 aliphatic carbocycles. The van der Waals surface area contributed by atoms with Crippen molar-refractivity contribution >= 4 is 5.97 Å².